The Balaban J connectivity index is 1.48. The van der Waals surface area contributed by atoms with Gasteiger partial charge in [-0.2, -0.15) is 0 Å². The van der Waals surface area contributed by atoms with E-state index < -0.39 is 11.9 Å². The largest absolute Gasteiger partial charge is 0.394 e. The summed E-state index contributed by atoms with van der Waals surface area (Å²) in [6, 6.07) is 14.0. The molecule has 0 unspecified atom stereocenters. The van der Waals surface area contributed by atoms with E-state index in [4.69, 9.17) is 10.7 Å². The van der Waals surface area contributed by atoms with E-state index >= 15 is 0 Å². The Morgan fingerprint density at radius 3 is 2.69 bits per heavy atom. The second kappa shape index (κ2) is 11.2. The fraction of sp³-hybridized carbons (Fsp3) is 0.250. The molecule has 0 saturated heterocycles. The van der Waals surface area contributed by atoms with E-state index in [1.54, 1.807) is 41.1 Å². The smallest absolute Gasteiger partial charge is 0.270 e. The molecule has 10 nitrogen and oxygen atoms in total. The van der Waals surface area contributed by atoms with Gasteiger partial charge in [0.25, 0.3) is 11.8 Å². The molecular formula is C28H29N7O3S. The monoisotopic (exact) mass is 543 g/mol. The Kier molecular flexibility index (Phi) is 7.53. The van der Waals surface area contributed by atoms with Gasteiger partial charge in [0.2, 0.25) is 0 Å². The van der Waals surface area contributed by atoms with Crippen LogP contribution in [0.3, 0.4) is 0 Å². The number of fused-ring (bicyclic) bond motifs is 2. The van der Waals surface area contributed by atoms with Crippen LogP contribution in [0.25, 0.3) is 27.3 Å². The molecule has 2 amide bonds. The quantitative estimate of drug-likeness (QED) is 0.222. The molecule has 200 valence electrons. The average Bonchev–Trinajstić information content (AvgIpc) is 3.50. The zero-order valence-electron chi connectivity index (χ0n) is 21.6. The summed E-state index contributed by atoms with van der Waals surface area (Å²) in [5.41, 5.74) is 9.27. The second-order valence-electron chi connectivity index (χ2n) is 9.66. The van der Waals surface area contributed by atoms with Crippen molar-refractivity contribution in [2.45, 2.75) is 32.9 Å². The lowest BCUT2D eigenvalue weighted by Gasteiger charge is -2.18. The Bertz CT molecular complexity index is 1650. The van der Waals surface area contributed by atoms with Crippen molar-refractivity contribution in [1.82, 2.24) is 30.0 Å². The highest BCUT2D eigenvalue weighted by atomic mass is 32.1. The fourth-order valence-corrected chi connectivity index (χ4v) is 5.32. The van der Waals surface area contributed by atoms with Gasteiger partial charge < -0.3 is 21.5 Å². The van der Waals surface area contributed by atoms with Crippen molar-refractivity contribution in [3.8, 4) is 11.4 Å². The molecule has 1 aromatic carbocycles. The van der Waals surface area contributed by atoms with Crippen molar-refractivity contribution in [2.24, 2.45) is 5.92 Å². The van der Waals surface area contributed by atoms with Crippen molar-refractivity contribution in [3.63, 3.8) is 0 Å². The number of hydrogen-bond donors (Lipinski definition) is 4. The summed E-state index contributed by atoms with van der Waals surface area (Å²) in [6.45, 7) is 4.16. The summed E-state index contributed by atoms with van der Waals surface area (Å²) in [6.07, 6.45) is 3.93. The van der Waals surface area contributed by atoms with E-state index in [9.17, 15) is 14.7 Å². The van der Waals surface area contributed by atoms with E-state index in [0.29, 0.717) is 40.7 Å². The van der Waals surface area contributed by atoms with Gasteiger partial charge in [0.1, 0.15) is 11.4 Å². The number of anilines is 1. The Morgan fingerprint density at radius 2 is 1.95 bits per heavy atom. The van der Waals surface area contributed by atoms with Crippen LogP contribution < -0.4 is 16.4 Å². The van der Waals surface area contributed by atoms with Crippen molar-refractivity contribution >= 4 is 44.1 Å². The highest BCUT2D eigenvalue weighted by molar-refractivity contribution is 7.22. The van der Waals surface area contributed by atoms with Crippen molar-refractivity contribution < 1.29 is 14.7 Å². The standard InChI is InChI=1S/C28H29N7O3S/c1-16(2)12-18(15-36)32-27(38)24-23(21-7-3-4-10-30-21)34-25-19(6-5-11-35(24)25)26(37)31-14-17-8-9-20-22(13-17)39-28(29)33-20/h3-11,13,16,18,36H,12,14-15H2,1-2H3,(H2,29,33)(H,31,37)(H,32,38)/t18-/m0/s1. The molecule has 0 spiro atoms. The van der Waals surface area contributed by atoms with Crippen LogP contribution in [-0.4, -0.2) is 48.9 Å². The van der Waals surface area contributed by atoms with Crippen LogP contribution >= 0.6 is 11.3 Å². The van der Waals surface area contributed by atoms with Crippen LogP contribution in [-0.2, 0) is 6.54 Å². The van der Waals surface area contributed by atoms with E-state index in [0.717, 1.165) is 15.8 Å². The zero-order valence-corrected chi connectivity index (χ0v) is 22.4. The van der Waals surface area contributed by atoms with Crippen LogP contribution in [0.1, 0.15) is 46.7 Å². The van der Waals surface area contributed by atoms with Gasteiger partial charge in [-0.3, -0.25) is 19.0 Å². The van der Waals surface area contributed by atoms with Gasteiger partial charge in [0.15, 0.2) is 10.8 Å². The van der Waals surface area contributed by atoms with Gasteiger partial charge in [0.05, 0.1) is 34.1 Å². The number of rotatable bonds is 9. The van der Waals surface area contributed by atoms with Crippen molar-refractivity contribution in [3.05, 3.63) is 77.7 Å². The highest BCUT2D eigenvalue weighted by Crippen LogP contribution is 2.26. The molecular weight excluding hydrogens is 514 g/mol. The van der Waals surface area contributed by atoms with Gasteiger partial charge in [-0.1, -0.05) is 37.3 Å². The molecule has 0 bridgehead atoms. The molecule has 5 N–H and O–H groups in total. The van der Waals surface area contributed by atoms with Crippen LogP contribution in [0.15, 0.2) is 60.9 Å². The molecule has 4 heterocycles. The predicted molar refractivity (Wildman–Crippen MR) is 151 cm³/mol. The number of aromatic nitrogens is 4. The number of carbonyl (C=O) groups is 2. The molecule has 0 radical (unpaired) electrons. The third-order valence-electron chi connectivity index (χ3n) is 6.25. The first-order valence-corrected chi connectivity index (χ1v) is 13.4. The minimum atomic E-state index is -0.419. The average molecular weight is 544 g/mol. The van der Waals surface area contributed by atoms with Crippen molar-refractivity contribution in [1.29, 1.82) is 0 Å². The zero-order chi connectivity index (χ0) is 27.5. The minimum Gasteiger partial charge on any atom is -0.394 e. The Hall–Kier alpha value is -4.35. The molecule has 5 aromatic rings. The van der Waals surface area contributed by atoms with E-state index in [2.05, 4.69) is 20.6 Å². The predicted octanol–water partition coefficient (Wildman–Crippen LogP) is 3.66. The van der Waals surface area contributed by atoms with E-state index in [-0.39, 0.29) is 24.1 Å². The lowest BCUT2D eigenvalue weighted by Crippen LogP contribution is -2.39. The highest BCUT2D eigenvalue weighted by Gasteiger charge is 2.26. The van der Waals surface area contributed by atoms with Crippen LogP contribution in [0.4, 0.5) is 5.13 Å². The molecule has 0 saturated carbocycles. The number of thiazole rings is 1. The van der Waals surface area contributed by atoms with E-state index in [1.165, 1.54) is 11.3 Å². The van der Waals surface area contributed by atoms with E-state index in [1.807, 2.05) is 38.1 Å². The maximum atomic E-state index is 13.5. The first kappa shape index (κ1) is 26.3. The lowest BCUT2D eigenvalue weighted by atomic mass is 10.0. The van der Waals surface area contributed by atoms with Crippen LogP contribution in [0, 0.1) is 5.92 Å². The number of pyridine rings is 2. The maximum Gasteiger partial charge on any atom is 0.270 e. The third-order valence-corrected chi connectivity index (χ3v) is 7.10. The number of aliphatic hydroxyl groups excluding tert-OH is 1. The van der Waals surface area contributed by atoms with Gasteiger partial charge in [-0.25, -0.2) is 9.97 Å². The summed E-state index contributed by atoms with van der Waals surface area (Å²) >= 11 is 1.39. The van der Waals surface area contributed by atoms with Crippen LogP contribution in [0.2, 0.25) is 0 Å². The number of benzene rings is 1. The number of nitrogens with two attached hydrogens (primary N) is 1. The fourth-order valence-electron chi connectivity index (χ4n) is 4.52. The maximum absolute atomic E-state index is 13.5. The number of nitrogen functional groups attached to an aromatic ring is 1. The Labute approximate surface area is 228 Å². The summed E-state index contributed by atoms with van der Waals surface area (Å²) < 4.78 is 2.55. The first-order valence-electron chi connectivity index (χ1n) is 12.6. The van der Waals surface area contributed by atoms with Gasteiger partial charge in [-0.15, -0.1) is 0 Å². The minimum absolute atomic E-state index is 0.187. The number of nitrogens with zero attached hydrogens (tertiary/aromatic N) is 4. The van der Waals surface area contributed by atoms with Gasteiger partial charge in [-0.05, 0) is 54.3 Å². The number of nitrogens with one attached hydrogen (secondary N) is 2. The summed E-state index contributed by atoms with van der Waals surface area (Å²) in [7, 11) is 0. The number of amides is 2. The second-order valence-corrected chi connectivity index (χ2v) is 10.7. The number of aliphatic hydroxyl groups is 1. The van der Waals surface area contributed by atoms with Gasteiger partial charge >= 0.3 is 0 Å². The third kappa shape index (κ3) is 5.59. The van der Waals surface area contributed by atoms with Gasteiger partial charge in [0, 0.05) is 18.9 Å². The summed E-state index contributed by atoms with van der Waals surface area (Å²) in [5, 5.41) is 16.2. The van der Waals surface area contributed by atoms with Crippen LogP contribution in [0.5, 0.6) is 0 Å². The SMILES string of the molecule is CC(C)C[C@@H](CO)NC(=O)c1c(-c2ccccn2)nc2c(C(=O)NCc3ccc4nc(N)sc4c3)cccn12. The summed E-state index contributed by atoms with van der Waals surface area (Å²) in [4.78, 5) is 40.2. The molecule has 11 heteroatoms. The number of imidazole rings is 1. The molecule has 0 aliphatic carbocycles. The molecule has 0 aliphatic rings. The Morgan fingerprint density at radius 1 is 1.10 bits per heavy atom. The molecule has 0 aliphatic heterocycles. The molecule has 4 aromatic heterocycles. The normalized spacial score (nSPS) is 12.2. The molecule has 0 fully saturated rings. The number of hydrogen-bond acceptors (Lipinski definition) is 8. The molecule has 5 rings (SSSR count). The number of carbonyl (C=O) groups excluding carboxylic acids is 2. The van der Waals surface area contributed by atoms with Crippen molar-refractivity contribution in [2.75, 3.05) is 12.3 Å². The topological polar surface area (TPSA) is 148 Å². The molecule has 1 atom stereocenters. The lowest BCUT2D eigenvalue weighted by molar-refractivity contribution is 0.0901. The first-order chi connectivity index (χ1) is 18.8. The summed E-state index contributed by atoms with van der Waals surface area (Å²) in [5.74, 6) is -0.455. The molecule has 39 heavy (non-hydrogen) atoms.